The van der Waals surface area contributed by atoms with Crippen LogP contribution in [0.1, 0.15) is 45.8 Å². The molecule has 180 valence electrons. The van der Waals surface area contributed by atoms with E-state index in [0.717, 1.165) is 18.3 Å². The molecule has 0 fully saturated rings. The summed E-state index contributed by atoms with van der Waals surface area (Å²) < 4.78 is 45.1. The quantitative estimate of drug-likeness (QED) is 0.388. The number of nitrogens with zero attached hydrogens (tertiary/aromatic N) is 1. The van der Waals surface area contributed by atoms with Gasteiger partial charge in [-0.1, -0.05) is 6.07 Å². The van der Waals surface area contributed by atoms with Crippen molar-refractivity contribution in [1.29, 1.82) is 0 Å². The fraction of sp³-hybridized carbons (Fsp3) is 0.200. The van der Waals surface area contributed by atoms with Gasteiger partial charge in [0.1, 0.15) is 5.56 Å². The topological polar surface area (TPSA) is 101 Å². The molecular formula is C25H20F3N3O4. The number of rotatable bonds is 4. The molecule has 0 spiro atoms. The van der Waals surface area contributed by atoms with Crippen LogP contribution in [0, 0.1) is 6.92 Å². The first-order valence-corrected chi connectivity index (χ1v) is 10.6. The number of nitrogens with one attached hydrogen (secondary N) is 2. The molecule has 4 aromatic rings. The number of aromatic amines is 1. The van der Waals surface area contributed by atoms with Crippen LogP contribution in [0.4, 0.5) is 18.9 Å². The molecule has 4 rings (SSSR count). The molecule has 0 saturated carbocycles. The number of anilines is 1. The summed E-state index contributed by atoms with van der Waals surface area (Å²) in [6, 6.07) is 9.43. The minimum Gasteiger partial charge on any atom is -0.459 e. The van der Waals surface area contributed by atoms with E-state index >= 15 is 0 Å². The second kappa shape index (κ2) is 8.86. The van der Waals surface area contributed by atoms with E-state index in [4.69, 9.17) is 4.74 Å². The van der Waals surface area contributed by atoms with Crippen LogP contribution in [-0.2, 0) is 10.9 Å². The third-order valence-corrected chi connectivity index (χ3v) is 5.23. The number of hydrogen-bond donors (Lipinski definition) is 2. The number of fused-ring (bicyclic) bond motifs is 2. The number of carbonyl (C=O) groups is 2. The fourth-order valence-corrected chi connectivity index (χ4v) is 3.72. The summed E-state index contributed by atoms with van der Waals surface area (Å²) in [4.78, 5) is 45.1. The zero-order chi connectivity index (χ0) is 25.5. The monoisotopic (exact) mass is 483 g/mol. The summed E-state index contributed by atoms with van der Waals surface area (Å²) in [7, 11) is 0. The van der Waals surface area contributed by atoms with Gasteiger partial charge in [-0.15, -0.1) is 0 Å². The average molecular weight is 483 g/mol. The zero-order valence-electron chi connectivity index (χ0n) is 18.9. The van der Waals surface area contributed by atoms with Gasteiger partial charge in [-0.05, 0) is 57.2 Å². The van der Waals surface area contributed by atoms with Crippen molar-refractivity contribution in [1.82, 2.24) is 9.97 Å². The van der Waals surface area contributed by atoms with Crippen molar-refractivity contribution in [2.75, 3.05) is 5.32 Å². The van der Waals surface area contributed by atoms with E-state index in [1.165, 1.54) is 12.1 Å². The number of ether oxygens (including phenoxy) is 1. The van der Waals surface area contributed by atoms with Gasteiger partial charge in [-0.25, -0.2) is 4.79 Å². The number of halogens is 3. The maximum atomic E-state index is 13.3. The molecule has 0 unspecified atom stereocenters. The summed E-state index contributed by atoms with van der Waals surface area (Å²) in [5, 5.41) is 2.79. The van der Waals surface area contributed by atoms with Crippen molar-refractivity contribution in [2.24, 2.45) is 0 Å². The van der Waals surface area contributed by atoms with Gasteiger partial charge in [0.2, 0.25) is 5.43 Å². The van der Waals surface area contributed by atoms with Gasteiger partial charge in [0.05, 0.1) is 34.0 Å². The SMILES string of the molecule is Cc1cc(NC(=O)c2c[nH]c3c(C(F)(F)F)cccc3c2=O)c2cc(C(=O)OC(C)C)ccc2n1. The number of para-hydroxylation sites is 1. The van der Waals surface area contributed by atoms with Crippen LogP contribution < -0.4 is 10.7 Å². The minimum absolute atomic E-state index is 0.246. The third-order valence-electron chi connectivity index (χ3n) is 5.23. The maximum Gasteiger partial charge on any atom is 0.418 e. The average Bonchev–Trinajstić information content (AvgIpc) is 2.77. The van der Waals surface area contributed by atoms with Crippen LogP contribution in [0.25, 0.3) is 21.8 Å². The third kappa shape index (κ3) is 4.72. The number of H-pyrrole nitrogens is 1. The molecule has 2 aromatic heterocycles. The number of benzene rings is 2. The number of alkyl halides is 3. The number of aromatic nitrogens is 2. The summed E-state index contributed by atoms with van der Waals surface area (Å²) in [5.41, 5.74) is -1.05. The number of pyridine rings is 2. The first kappa shape index (κ1) is 23.9. The predicted octanol–water partition coefficient (Wildman–Crippen LogP) is 5.22. The molecule has 0 radical (unpaired) electrons. The van der Waals surface area contributed by atoms with Crippen LogP contribution in [-0.4, -0.2) is 27.9 Å². The van der Waals surface area contributed by atoms with Crippen molar-refractivity contribution in [3.05, 3.63) is 81.3 Å². The van der Waals surface area contributed by atoms with Gasteiger partial charge in [0.25, 0.3) is 5.91 Å². The fourth-order valence-electron chi connectivity index (χ4n) is 3.72. The molecule has 35 heavy (non-hydrogen) atoms. The van der Waals surface area contributed by atoms with Gasteiger partial charge in [0.15, 0.2) is 0 Å². The smallest absolute Gasteiger partial charge is 0.418 e. The molecule has 0 atom stereocenters. The molecule has 10 heteroatoms. The van der Waals surface area contributed by atoms with Gasteiger partial charge >= 0.3 is 12.1 Å². The number of esters is 1. The lowest BCUT2D eigenvalue weighted by atomic mass is 10.1. The Morgan fingerprint density at radius 2 is 1.83 bits per heavy atom. The molecule has 2 heterocycles. The van der Waals surface area contributed by atoms with Gasteiger partial charge < -0.3 is 15.0 Å². The summed E-state index contributed by atoms with van der Waals surface area (Å²) >= 11 is 0. The molecule has 2 aromatic carbocycles. The highest BCUT2D eigenvalue weighted by Gasteiger charge is 2.33. The van der Waals surface area contributed by atoms with E-state index in [9.17, 15) is 27.6 Å². The molecule has 1 amide bonds. The minimum atomic E-state index is -4.67. The Bertz CT molecular complexity index is 1540. The Morgan fingerprint density at radius 3 is 2.51 bits per heavy atom. The van der Waals surface area contributed by atoms with Gasteiger partial charge in [0, 0.05) is 22.7 Å². The summed E-state index contributed by atoms with van der Waals surface area (Å²) in [6.07, 6.45) is -4.04. The van der Waals surface area contributed by atoms with Crippen LogP contribution in [0.15, 0.2) is 53.5 Å². The van der Waals surface area contributed by atoms with Crippen molar-refractivity contribution >= 4 is 39.4 Å². The molecule has 2 N–H and O–H groups in total. The lowest BCUT2D eigenvalue weighted by molar-refractivity contribution is -0.136. The van der Waals surface area contributed by atoms with E-state index in [1.807, 2.05) is 0 Å². The molecule has 0 bridgehead atoms. The molecule has 0 aliphatic rings. The highest BCUT2D eigenvalue weighted by atomic mass is 19.4. The molecular weight excluding hydrogens is 463 g/mol. The molecule has 0 aliphatic carbocycles. The van der Waals surface area contributed by atoms with Crippen molar-refractivity contribution < 1.29 is 27.5 Å². The highest BCUT2D eigenvalue weighted by Crippen LogP contribution is 2.33. The molecule has 0 aliphatic heterocycles. The first-order chi connectivity index (χ1) is 16.5. The Balaban J connectivity index is 1.76. The summed E-state index contributed by atoms with van der Waals surface area (Å²) in [5.74, 6) is -1.38. The predicted molar refractivity (Wildman–Crippen MR) is 125 cm³/mol. The standard InChI is InChI=1S/C25H20F3N3O4/c1-12(2)35-24(34)14-7-8-19-16(10-14)20(9-13(3)30-19)31-23(33)17-11-29-21-15(22(17)32)5-4-6-18(21)25(26,27)28/h4-12H,1-3H3,(H,29,32)(H,30,31,33). The maximum absolute atomic E-state index is 13.3. The van der Waals surface area contributed by atoms with Crippen molar-refractivity contribution in [3.63, 3.8) is 0 Å². The largest absolute Gasteiger partial charge is 0.459 e. The van der Waals surface area contributed by atoms with Crippen LogP contribution in [0.3, 0.4) is 0 Å². The van der Waals surface area contributed by atoms with E-state index in [2.05, 4.69) is 15.3 Å². The van der Waals surface area contributed by atoms with E-state index in [1.54, 1.807) is 39.0 Å². The molecule has 0 saturated heterocycles. The lowest BCUT2D eigenvalue weighted by Gasteiger charge is -2.13. The summed E-state index contributed by atoms with van der Waals surface area (Å²) in [6.45, 7) is 5.14. The Morgan fingerprint density at radius 1 is 1.09 bits per heavy atom. The van der Waals surface area contributed by atoms with Crippen molar-refractivity contribution in [3.8, 4) is 0 Å². The number of amides is 1. The highest BCUT2D eigenvalue weighted by molar-refractivity contribution is 6.10. The zero-order valence-corrected chi connectivity index (χ0v) is 18.9. The van der Waals surface area contributed by atoms with Gasteiger partial charge in [-0.3, -0.25) is 14.6 Å². The van der Waals surface area contributed by atoms with Crippen molar-refractivity contribution in [2.45, 2.75) is 33.1 Å². The van der Waals surface area contributed by atoms with Crippen LogP contribution in [0.2, 0.25) is 0 Å². The Hall–Kier alpha value is -4.21. The van der Waals surface area contributed by atoms with Crippen LogP contribution >= 0.6 is 0 Å². The number of carbonyl (C=O) groups excluding carboxylic acids is 2. The second-order valence-electron chi connectivity index (χ2n) is 8.21. The van der Waals surface area contributed by atoms with Crippen LogP contribution in [0.5, 0.6) is 0 Å². The van der Waals surface area contributed by atoms with E-state index in [0.29, 0.717) is 16.6 Å². The van der Waals surface area contributed by atoms with E-state index < -0.39 is 34.6 Å². The number of hydrogen-bond acceptors (Lipinski definition) is 5. The molecule has 7 nitrogen and oxygen atoms in total. The second-order valence-corrected chi connectivity index (χ2v) is 8.21. The van der Waals surface area contributed by atoms with E-state index in [-0.39, 0.29) is 28.3 Å². The number of aryl methyl sites for hydroxylation is 1. The normalized spacial score (nSPS) is 11.7. The first-order valence-electron chi connectivity index (χ1n) is 10.6. The Labute approximate surface area is 196 Å². The van der Waals surface area contributed by atoms with Gasteiger partial charge in [-0.2, -0.15) is 13.2 Å². The lowest BCUT2D eigenvalue weighted by Crippen LogP contribution is -2.23. The Kier molecular flexibility index (Phi) is 6.06.